The number of carbonyl (C=O) groups is 1. The van der Waals surface area contributed by atoms with E-state index in [2.05, 4.69) is 15.4 Å². The van der Waals surface area contributed by atoms with E-state index < -0.39 is 0 Å². The van der Waals surface area contributed by atoms with Gasteiger partial charge in [-0.3, -0.25) is 4.79 Å². The van der Waals surface area contributed by atoms with E-state index in [9.17, 15) is 4.79 Å². The number of amides is 1. The van der Waals surface area contributed by atoms with Crippen molar-refractivity contribution in [3.63, 3.8) is 0 Å². The zero-order chi connectivity index (χ0) is 13.9. The number of nitrogens with one attached hydrogen (secondary N) is 1. The largest absolute Gasteiger partial charge is 0.344 e. The molecular formula is C15H14N4O. The van der Waals surface area contributed by atoms with E-state index in [1.165, 1.54) is 4.52 Å². The van der Waals surface area contributed by atoms with Gasteiger partial charge in [-0.15, -0.1) is 0 Å². The van der Waals surface area contributed by atoms with Crippen LogP contribution in [0.25, 0.3) is 5.65 Å². The number of hydrogen-bond donors (Lipinski definition) is 1. The van der Waals surface area contributed by atoms with Gasteiger partial charge >= 0.3 is 0 Å². The lowest BCUT2D eigenvalue weighted by molar-refractivity contribution is 0.0932. The van der Waals surface area contributed by atoms with Crippen LogP contribution in [0, 0.1) is 0 Å². The highest BCUT2D eigenvalue weighted by atomic mass is 16.2. The summed E-state index contributed by atoms with van der Waals surface area (Å²) in [5.74, 6) is -0.169. The summed E-state index contributed by atoms with van der Waals surface area (Å²) < 4.78 is 1.53. The Labute approximate surface area is 116 Å². The molecule has 3 rings (SSSR count). The second-order valence-electron chi connectivity index (χ2n) is 4.54. The summed E-state index contributed by atoms with van der Waals surface area (Å²) in [7, 11) is 0. The molecule has 20 heavy (non-hydrogen) atoms. The van der Waals surface area contributed by atoms with Gasteiger partial charge in [-0.25, -0.2) is 9.50 Å². The average molecular weight is 266 g/mol. The van der Waals surface area contributed by atoms with E-state index in [0.29, 0.717) is 11.3 Å². The van der Waals surface area contributed by atoms with Crippen molar-refractivity contribution in [2.45, 2.75) is 13.0 Å². The molecule has 0 radical (unpaired) electrons. The normalized spacial score (nSPS) is 12.2. The Hall–Kier alpha value is -2.69. The quantitative estimate of drug-likeness (QED) is 0.790. The van der Waals surface area contributed by atoms with Crippen LogP contribution >= 0.6 is 0 Å². The van der Waals surface area contributed by atoms with Gasteiger partial charge in [-0.1, -0.05) is 30.3 Å². The molecule has 1 amide bonds. The number of fused-ring (bicyclic) bond motifs is 1. The fourth-order valence-electron chi connectivity index (χ4n) is 2.10. The minimum atomic E-state index is -0.169. The van der Waals surface area contributed by atoms with Crippen molar-refractivity contribution in [2.75, 3.05) is 0 Å². The van der Waals surface area contributed by atoms with E-state index in [1.807, 2.05) is 37.3 Å². The number of hydrogen-bond acceptors (Lipinski definition) is 3. The van der Waals surface area contributed by atoms with Crippen LogP contribution in [0.2, 0.25) is 0 Å². The molecule has 0 saturated carbocycles. The van der Waals surface area contributed by atoms with Gasteiger partial charge in [0.25, 0.3) is 5.91 Å². The van der Waals surface area contributed by atoms with Gasteiger partial charge in [0, 0.05) is 12.3 Å². The van der Waals surface area contributed by atoms with Crippen molar-refractivity contribution in [1.29, 1.82) is 0 Å². The Bertz CT molecular complexity index is 736. The number of aromatic nitrogens is 3. The van der Waals surface area contributed by atoms with Crippen LogP contribution < -0.4 is 5.32 Å². The first kappa shape index (κ1) is 12.3. The molecule has 0 aliphatic rings. The summed E-state index contributed by atoms with van der Waals surface area (Å²) in [4.78, 5) is 16.5. The molecule has 5 heteroatoms. The van der Waals surface area contributed by atoms with Crippen LogP contribution in [-0.4, -0.2) is 20.5 Å². The number of benzene rings is 1. The number of rotatable bonds is 3. The monoisotopic (exact) mass is 266 g/mol. The van der Waals surface area contributed by atoms with Gasteiger partial charge in [0.2, 0.25) is 0 Å². The highest BCUT2D eigenvalue weighted by Gasteiger charge is 2.14. The molecule has 0 bridgehead atoms. The molecule has 0 aliphatic carbocycles. The average Bonchev–Trinajstić information content (AvgIpc) is 2.96. The van der Waals surface area contributed by atoms with Gasteiger partial charge < -0.3 is 5.32 Å². The van der Waals surface area contributed by atoms with Crippen LogP contribution in [0.1, 0.15) is 29.0 Å². The molecular weight excluding hydrogens is 252 g/mol. The first-order valence-corrected chi connectivity index (χ1v) is 6.40. The highest BCUT2D eigenvalue weighted by Crippen LogP contribution is 2.12. The molecule has 1 aromatic carbocycles. The lowest BCUT2D eigenvalue weighted by atomic mass is 10.1. The maximum absolute atomic E-state index is 12.3. The van der Waals surface area contributed by atoms with Crippen molar-refractivity contribution in [1.82, 2.24) is 19.9 Å². The lowest BCUT2D eigenvalue weighted by Gasteiger charge is -2.14. The van der Waals surface area contributed by atoms with Gasteiger partial charge in [0.1, 0.15) is 5.69 Å². The van der Waals surface area contributed by atoms with E-state index in [0.717, 1.165) is 5.56 Å². The molecule has 0 spiro atoms. The van der Waals surface area contributed by atoms with Crippen molar-refractivity contribution in [3.05, 3.63) is 66.1 Å². The first-order chi connectivity index (χ1) is 9.75. The fourth-order valence-corrected chi connectivity index (χ4v) is 2.10. The molecule has 1 unspecified atom stereocenters. The summed E-state index contributed by atoms with van der Waals surface area (Å²) in [6.45, 7) is 1.95. The lowest BCUT2D eigenvalue weighted by Crippen LogP contribution is -2.28. The third kappa shape index (κ3) is 2.25. The minimum absolute atomic E-state index is 0.0672. The van der Waals surface area contributed by atoms with Crippen LogP contribution in [0.15, 0.2) is 54.9 Å². The van der Waals surface area contributed by atoms with E-state index in [4.69, 9.17) is 0 Å². The van der Waals surface area contributed by atoms with Crippen LogP contribution in [0.5, 0.6) is 0 Å². The maximum atomic E-state index is 12.3. The van der Waals surface area contributed by atoms with E-state index in [-0.39, 0.29) is 11.9 Å². The molecule has 0 saturated heterocycles. The van der Waals surface area contributed by atoms with Gasteiger partial charge in [0.05, 0.1) is 12.2 Å². The molecule has 3 aromatic rings. The van der Waals surface area contributed by atoms with Crippen LogP contribution in [0.3, 0.4) is 0 Å². The molecule has 5 nitrogen and oxygen atoms in total. The third-order valence-corrected chi connectivity index (χ3v) is 3.17. The predicted octanol–water partition coefficient (Wildman–Crippen LogP) is 2.22. The number of carbonyl (C=O) groups excluding carboxylic acids is 1. The van der Waals surface area contributed by atoms with Gasteiger partial charge in [0.15, 0.2) is 5.65 Å². The zero-order valence-electron chi connectivity index (χ0n) is 11.0. The van der Waals surface area contributed by atoms with E-state index in [1.54, 1.807) is 24.5 Å². The van der Waals surface area contributed by atoms with Gasteiger partial charge in [-0.2, -0.15) is 5.10 Å². The SMILES string of the molecule is CC(NC(=O)c1ccnc2ccnn12)c1ccccc1. The summed E-state index contributed by atoms with van der Waals surface area (Å²) in [5.41, 5.74) is 2.19. The number of nitrogens with zero attached hydrogens (tertiary/aromatic N) is 3. The van der Waals surface area contributed by atoms with Crippen LogP contribution in [-0.2, 0) is 0 Å². The maximum Gasteiger partial charge on any atom is 0.270 e. The van der Waals surface area contributed by atoms with Gasteiger partial charge in [-0.05, 0) is 18.6 Å². The summed E-state index contributed by atoms with van der Waals surface area (Å²) >= 11 is 0. The molecule has 2 heterocycles. The zero-order valence-corrected chi connectivity index (χ0v) is 11.0. The third-order valence-electron chi connectivity index (χ3n) is 3.17. The molecule has 1 atom stereocenters. The summed E-state index contributed by atoms with van der Waals surface area (Å²) in [6, 6.07) is 13.2. The Morgan fingerprint density at radius 1 is 1.15 bits per heavy atom. The van der Waals surface area contributed by atoms with Crippen molar-refractivity contribution in [2.24, 2.45) is 0 Å². The Morgan fingerprint density at radius 3 is 2.75 bits per heavy atom. The first-order valence-electron chi connectivity index (χ1n) is 6.40. The molecule has 100 valence electrons. The topological polar surface area (TPSA) is 59.3 Å². The second kappa shape index (κ2) is 5.13. The van der Waals surface area contributed by atoms with Crippen molar-refractivity contribution >= 4 is 11.6 Å². The molecule has 0 fully saturated rings. The fraction of sp³-hybridized carbons (Fsp3) is 0.133. The Kier molecular flexibility index (Phi) is 3.16. The molecule has 1 N–H and O–H groups in total. The summed E-state index contributed by atoms with van der Waals surface area (Å²) in [5, 5.41) is 7.08. The van der Waals surface area contributed by atoms with Crippen LogP contribution in [0.4, 0.5) is 0 Å². The molecule has 2 aromatic heterocycles. The van der Waals surface area contributed by atoms with Crippen molar-refractivity contribution in [3.8, 4) is 0 Å². The summed E-state index contributed by atoms with van der Waals surface area (Å²) in [6.07, 6.45) is 3.23. The molecule has 0 aliphatic heterocycles. The minimum Gasteiger partial charge on any atom is -0.344 e. The predicted molar refractivity (Wildman–Crippen MR) is 75.3 cm³/mol. The van der Waals surface area contributed by atoms with Crippen molar-refractivity contribution < 1.29 is 4.79 Å². The highest BCUT2D eigenvalue weighted by molar-refractivity contribution is 5.93. The van der Waals surface area contributed by atoms with E-state index >= 15 is 0 Å². The standard InChI is InChI=1S/C15H14N4O/c1-11(12-5-3-2-4-6-12)18-15(20)13-7-9-16-14-8-10-17-19(13)14/h2-11H,1H3,(H,18,20). The smallest absolute Gasteiger partial charge is 0.270 e. The Morgan fingerprint density at radius 2 is 1.95 bits per heavy atom. The Balaban J connectivity index is 1.85. The second-order valence-corrected chi connectivity index (χ2v) is 4.54.